The molecule has 0 amide bonds. The molecule has 0 atom stereocenters. The Morgan fingerprint density at radius 2 is 1.12 bits per heavy atom. The zero-order chi connectivity index (χ0) is 33.8. The molecule has 0 radical (unpaired) electrons. The van der Waals surface area contributed by atoms with Crippen LogP contribution in [-0.2, 0) is 0 Å². The summed E-state index contributed by atoms with van der Waals surface area (Å²) in [5.74, 6) is 0. The van der Waals surface area contributed by atoms with E-state index in [9.17, 15) is 5.26 Å². The first-order chi connectivity index (χ1) is 24.7. The predicted molar refractivity (Wildman–Crippen MR) is 203 cm³/mol. The van der Waals surface area contributed by atoms with E-state index in [0.29, 0.717) is 16.9 Å². The van der Waals surface area contributed by atoms with Crippen LogP contribution in [-0.4, -0.2) is 9.13 Å². The van der Waals surface area contributed by atoms with Gasteiger partial charge in [-0.25, -0.2) is 9.69 Å². The van der Waals surface area contributed by atoms with Crippen molar-refractivity contribution in [2.45, 2.75) is 0 Å². The average molecular weight is 636 g/mol. The van der Waals surface area contributed by atoms with Gasteiger partial charge in [-0.1, -0.05) is 103 Å². The summed E-state index contributed by atoms with van der Waals surface area (Å²) in [4.78, 5) is 7.60. The maximum absolute atomic E-state index is 9.55. The molecule has 0 aliphatic carbocycles. The summed E-state index contributed by atoms with van der Waals surface area (Å²) in [6.45, 7) is 15.6. The summed E-state index contributed by atoms with van der Waals surface area (Å²) in [7, 11) is 0. The van der Waals surface area contributed by atoms with Gasteiger partial charge in [-0.2, -0.15) is 5.26 Å². The Hall–Kier alpha value is -7.39. The molecule has 5 heteroatoms. The highest BCUT2D eigenvalue weighted by Gasteiger charge is 2.18. The summed E-state index contributed by atoms with van der Waals surface area (Å²) in [5.41, 5.74) is 11.9. The molecule has 0 unspecified atom stereocenters. The van der Waals surface area contributed by atoms with Gasteiger partial charge < -0.3 is 9.13 Å². The second kappa shape index (κ2) is 11.4. The fourth-order valence-electron chi connectivity index (χ4n) is 7.32. The van der Waals surface area contributed by atoms with Gasteiger partial charge in [0.05, 0.1) is 46.8 Å². The minimum absolute atomic E-state index is 0.571. The van der Waals surface area contributed by atoms with Gasteiger partial charge in [-0.05, 0) is 70.6 Å². The van der Waals surface area contributed by atoms with Gasteiger partial charge in [0, 0.05) is 33.1 Å². The Morgan fingerprint density at radius 1 is 0.500 bits per heavy atom. The fraction of sp³-hybridized carbons (Fsp3) is 0. The number of rotatable bonds is 4. The number of nitrogens with zero attached hydrogens (tertiary/aromatic N) is 5. The minimum Gasteiger partial charge on any atom is -0.319 e. The second-order valence-electron chi connectivity index (χ2n) is 12.3. The quantitative estimate of drug-likeness (QED) is 0.177. The van der Waals surface area contributed by atoms with Crippen molar-refractivity contribution in [2.75, 3.05) is 0 Å². The first kappa shape index (κ1) is 28.8. The molecule has 0 aliphatic rings. The molecule has 0 aliphatic heterocycles. The van der Waals surface area contributed by atoms with Gasteiger partial charge in [-0.15, -0.1) is 0 Å². The third-order valence-corrected chi connectivity index (χ3v) is 9.60. The van der Waals surface area contributed by atoms with Crippen LogP contribution in [0.15, 0.2) is 152 Å². The van der Waals surface area contributed by atoms with Crippen LogP contribution in [0.2, 0.25) is 0 Å². The molecule has 0 fully saturated rings. The van der Waals surface area contributed by atoms with Crippen molar-refractivity contribution in [3.63, 3.8) is 0 Å². The zero-order valence-electron chi connectivity index (χ0n) is 26.7. The van der Waals surface area contributed by atoms with E-state index in [1.54, 1.807) is 0 Å². The molecule has 9 aromatic rings. The lowest BCUT2D eigenvalue weighted by Gasteiger charge is -2.15. The van der Waals surface area contributed by atoms with E-state index in [0.717, 1.165) is 66.5 Å². The maximum Gasteiger partial charge on any atom is 0.211 e. The van der Waals surface area contributed by atoms with E-state index in [1.807, 2.05) is 48.5 Å². The van der Waals surface area contributed by atoms with E-state index in [1.165, 1.54) is 10.8 Å². The second-order valence-corrected chi connectivity index (χ2v) is 12.3. The van der Waals surface area contributed by atoms with E-state index < -0.39 is 0 Å². The number of nitriles is 1. The first-order valence-electron chi connectivity index (χ1n) is 16.2. The Bertz CT molecular complexity index is 2890. The predicted octanol–water partition coefficient (Wildman–Crippen LogP) is 12.2. The topological polar surface area (TPSA) is 42.4 Å². The molecule has 0 saturated carbocycles. The molecule has 9 rings (SSSR count). The largest absolute Gasteiger partial charge is 0.319 e. The standard InChI is InChI=1S/C45H25N5/c1-47-33-21-24-35(44(27-33)50-41-12-5-3-8-36(41)37-9-4-6-13-42(37)50)32-17-15-30(16-18-32)31-19-22-34(23-20-31)49-43-25-14-29(28-46)26-39(43)38-10-7-11-40(48-2)45(38)49/h3-27H. The monoisotopic (exact) mass is 635 g/mol. The summed E-state index contributed by atoms with van der Waals surface area (Å²) < 4.78 is 4.39. The normalized spacial score (nSPS) is 11.1. The van der Waals surface area contributed by atoms with Crippen molar-refractivity contribution in [3.05, 3.63) is 180 Å². The summed E-state index contributed by atoms with van der Waals surface area (Å²) in [5, 5.41) is 13.8. The van der Waals surface area contributed by atoms with E-state index in [4.69, 9.17) is 13.1 Å². The van der Waals surface area contributed by atoms with Crippen molar-refractivity contribution >= 4 is 55.0 Å². The lowest BCUT2D eigenvalue weighted by Crippen LogP contribution is -1.97. The highest BCUT2D eigenvalue weighted by Crippen LogP contribution is 2.40. The van der Waals surface area contributed by atoms with Crippen molar-refractivity contribution in [3.8, 4) is 39.7 Å². The summed E-state index contributed by atoms with van der Waals surface area (Å²) >= 11 is 0. The number of fused-ring (bicyclic) bond motifs is 6. The van der Waals surface area contributed by atoms with Crippen LogP contribution in [0, 0.1) is 24.5 Å². The van der Waals surface area contributed by atoms with Crippen LogP contribution >= 0.6 is 0 Å². The highest BCUT2D eigenvalue weighted by molar-refractivity contribution is 6.14. The molecule has 230 valence electrons. The van der Waals surface area contributed by atoms with Gasteiger partial charge in [-0.3, -0.25) is 0 Å². The minimum atomic E-state index is 0.571. The van der Waals surface area contributed by atoms with Gasteiger partial charge in [0.15, 0.2) is 5.69 Å². The Kier molecular flexibility index (Phi) is 6.56. The van der Waals surface area contributed by atoms with E-state index >= 15 is 0 Å². The molecule has 2 aromatic heterocycles. The number of aromatic nitrogens is 2. The van der Waals surface area contributed by atoms with E-state index in [-0.39, 0.29) is 0 Å². The van der Waals surface area contributed by atoms with Crippen LogP contribution in [0.4, 0.5) is 11.4 Å². The van der Waals surface area contributed by atoms with Crippen LogP contribution < -0.4 is 0 Å². The van der Waals surface area contributed by atoms with Gasteiger partial charge in [0.2, 0.25) is 5.69 Å². The van der Waals surface area contributed by atoms with E-state index in [2.05, 4.69) is 128 Å². The van der Waals surface area contributed by atoms with Gasteiger partial charge >= 0.3 is 0 Å². The molecule has 0 N–H and O–H groups in total. The molecule has 50 heavy (non-hydrogen) atoms. The average Bonchev–Trinajstić information content (AvgIpc) is 3.70. The van der Waals surface area contributed by atoms with Crippen molar-refractivity contribution in [2.24, 2.45) is 0 Å². The van der Waals surface area contributed by atoms with Crippen molar-refractivity contribution in [1.82, 2.24) is 9.13 Å². The Labute approximate surface area is 288 Å². The molecular weight excluding hydrogens is 611 g/mol. The van der Waals surface area contributed by atoms with Crippen molar-refractivity contribution in [1.29, 1.82) is 5.26 Å². The van der Waals surface area contributed by atoms with Crippen LogP contribution in [0.1, 0.15) is 5.56 Å². The molecule has 2 heterocycles. The first-order valence-corrected chi connectivity index (χ1v) is 16.2. The molecular formula is C45H25N5. The molecule has 5 nitrogen and oxygen atoms in total. The Balaban J connectivity index is 1.13. The summed E-state index contributed by atoms with van der Waals surface area (Å²) in [6.07, 6.45) is 0. The number of benzene rings is 7. The van der Waals surface area contributed by atoms with Gasteiger partial charge in [0.1, 0.15) is 0 Å². The van der Waals surface area contributed by atoms with Gasteiger partial charge in [0.25, 0.3) is 0 Å². The third-order valence-electron chi connectivity index (χ3n) is 9.60. The zero-order valence-corrected chi connectivity index (χ0v) is 26.7. The maximum atomic E-state index is 9.55. The van der Waals surface area contributed by atoms with Crippen LogP contribution in [0.5, 0.6) is 0 Å². The van der Waals surface area contributed by atoms with Crippen LogP contribution in [0.25, 0.3) is 86.9 Å². The summed E-state index contributed by atoms with van der Waals surface area (Å²) in [6, 6.07) is 53.5. The van der Waals surface area contributed by atoms with Crippen molar-refractivity contribution < 1.29 is 0 Å². The lowest BCUT2D eigenvalue weighted by molar-refractivity contribution is 1.18. The molecule has 7 aromatic carbocycles. The lowest BCUT2D eigenvalue weighted by atomic mass is 9.98. The third kappa shape index (κ3) is 4.38. The number of hydrogen-bond acceptors (Lipinski definition) is 1. The number of hydrogen-bond donors (Lipinski definition) is 0. The highest BCUT2D eigenvalue weighted by atomic mass is 15.0. The molecule has 0 bridgehead atoms. The SMILES string of the molecule is [C-]#[N+]c1ccc(-c2ccc(-c3ccc(-n4c5ccc(C#N)cc5c5cccc([N+]#[C-])c54)cc3)cc2)c(-n2c3ccccc3c3ccccc32)c1. The fourth-order valence-corrected chi connectivity index (χ4v) is 7.32. The smallest absolute Gasteiger partial charge is 0.211 e. The molecule has 0 saturated heterocycles. The molecule has 0 spiro atoms. The number of para-hydroxylation sites is 3. The van der Waals surface area contributed by atoms with Crippen LogP contribution in [0.3, 0.4) is 0 Å². The Morgan fingerprint density at radius 3 is 1.78 bits per heavy atom.